The highest BCUT2D eigenvalue weighted by Crippen LogP contribution is 2.13. The van der Waals surface area contributed by atoms with Crippen molar-refractivity contribution in [2.45, 2.75) is 39.7 Å². The summed E-state index contributed by atoms with van der Waals surface area (Å²) < 4.78 is 0. The molecular formula is C15H23N3O2. The van der Waals surface area contributed by atoms with Crippen LogP contribution in [0.1, 0.15) is 42.6 Å². The van der Waals surface area contributed by atoms with E-state index in [1.165, 1.54) is 0 Å². The van der Waals surface area contributed by atoms with Gasteiger partial charge < -0.3 is 16.4 Å². The fraction of sp³-hybridized carbons (Fsp3) is 0.467. The third kappa shape index (κ3) is 4.91. The molecule has 0 saturated heterocycles. The molecule has 0 radical (unpaired) electrons. The summed E-state index contributed by atoms with van der Waals surface area (Å²) in [6.07, 6.45) is 1.15. The second-order valence-electron chi connectivity index (χ2n) is 4.97. The van der Waals surface area contributed by atoms with Crippen molar-refractivity contribution in [3.8, 4) is 0 Å². The molecule has 1 unspecified atom stereocenters. The maximum absolute atomic E-state index is 11.9. The maximum atomic E-state index is 11.9. The monoisotopic (exact) mass is 277 g/mol. The summed E-state index contributed by atoms with van der Waals surface area (Å²) in [6.45, 7) is 6.17. The first-order valence-electron chi connectivity index (χ1n) is 6.87. The van der Waals surface area contributed by atoms with Crippen molar-refractivity contribution in [3.05, 3.63) is 29.3 Å². The van der Waals surface area contributed by atoms with Crippen LogP contribution in [0.4, 0.5) is 5.69 Å². The first-order chi connectivity index (χ1) is 9.43. The Morgan fingerprint density at radius 3 is 2.65 bits per heavy atom. The Hall–Kier alpha value is -2.04. The average Bonchev–Trinajstić information content (AvgIpc) is 2.38. The average molecular weight is 277 g/mol. The number of aryl methyl sites for hydroxylation is 1. The van der Waals surface area contributed by atoms with Crippen LogP contribution in [0.3, 0.4) is 0 Å². The molecule has 1 aromatic carbocycles. The lowest BCUT2D eigenvalue weighted by Crippen LogP contribution is -2.35. The van der Waals surface area contributed by atoms with Gasteiger partial charge in [0.25, 0.3) is 5.91 Å². The van der Waals surface area contributed by atoms with E-state index in [-0.39, 0.29) is 24.3 Å². The molecule has 110 valence electrons. The van der Waals surface area contributed by atoms with Crippen molar-refractivity contribution < 1.29 is 9.59 Å². The van der Waals surface area contributed by atoms with Gasteiger partial charge in [-0.05, 0) is 38.0 Å². The molecule has 0 spiro atoms. The second kappa shape index (κ2) is 7.53. The van der Waals surface area contributed by atoms with E-state index >= 15 is 0 Å². The summed E-state index contributed by atoms with van der Waals surface area (Å²) in [4.78, 5) is 23.5. The van der Waals surface area contributed by atoms with Gasteiger partial charge >= 0.3 is 0 Å². The zero-order valence-corrected chi connectivity index (χ0v) is 12.3. The van der Waals surface area contributed by atoms with Gasteiger partial charge in [0.15, 0.2) is 0 Å². The Morgan fingerprint density at radius 2 is 2.05 bits per heavy atom. The van der Waals surface area contributed by atoms with Crippen LogP contribution in [0.2, 0.25) is 0 Å². The number of hydrogen-bond donors (Lipinski definition) is 3. The van der Waals surface area contributed by atoms with Crippen LogP contribution in [0.5, 0.6) is 0 Å². The molecule has 5 heteroatoms. The molecule has 0 fully saturated rings. The number of nitrogens with two attached hydrogens (primary N) is 1. The Bertz CT molecular complexity index is 486. The molecule has 0 bridgehead atoms. The Balaban J connectivity index is 2.42. The number of carbonyl (C=O) groups is 2. The molecule has 0 heterocycles. The summed E-state index contributed by atoms with van der Waals surface area (Å²) in [7, 11) is 0. The third-order valence-corrected chi connectivity index (χ3v) is 3.11. The van der Waals surface area contributed by atoms with Crippen LogP contribution in [0, 0.1) is 6.92 Å². The van der Waals surface area contributed by atoms with Crippen LogP contribution < -0.4 is 16.4 Å². The highest BCUT2D eigenvalue weighted by molar-refractivity contribution is 5.99. The molecule has 1 rings (SSSR count). The first-order valence-corrected chi connectivity index (χ1v) is 6.87. The van der Waals surface area contributed by atoms with E-state index in [2.05, 4.69) is 10.6 Å². The fourth-order valence-corrected chi connectivity index (χ4v) is 1.72. The lowest BCUT2D eigenvalue weighted by molar-refractivity contribution is -0.121. The lowest BCUT2D eigenvalue weighted by atomic mass is 10.1. The van der Waals surface area contributed by atoms with Gasteiger partial charge in [-0.3, -0.25) is 9.59 Å². The zero-order valence-electron chi connectivity index (χ0n) is 12.3. The molecule has 0 saturated carbocycles. The summed E-state index contributed by atoms with van der Waals surface area (Å²) >= 11 is 0. The Labute approximate surface area is 119 Å². The predicted octanol–water partition coefficient (Wildman–Crippen LogP) is 1.61. The largest absolute Gasteiger partial charge is 0.398 e. The van der Waals surface area contributed by atoms with Gasteiger partial charge in [0.05, 0.1) is 5.56 Å². The van der Waals surface area contributed by atoms with Gasteiger partial charge in [-0.2, -0.15) is 0 Å². The van der Waals surface area contributed by atoms with Crippen molar-refractivity contribution >= 4 is 17.5 Å². The quantitative estimate of drug-likeness (QED) is 0.691. The summed E-state index contributed by atoms with van der Waals surface area (Å²) in [5, 5.41) is 5.55. The number of nitrogen functional groups attached to an aromatic ring is 1. The standard InChI is InChI=1S/C15H23N3O2/c1-4-11(3)18-14(19)7-8-17-15(20)12-6-5-10(2)9-13(12)16/h5-6,9,11H,4,7-8,16H2,1-3H3,(H,17,20)(H,18,19). The minimum Gasteiger partial charge on any atom is -0.398 e. The van der Waals surface area contributed by atoms with Crippen molar-refractivity contribution in [2.75, 3.05) is 12.3 Å². The lowest BCUT2D eigenvalue weighted by Gasteiger charge is -2.12. The number of hydrogen-bond acceptors (Lipinski definition) is 3. The third-order valence-electron chi connectivity index (χ3n) is 3.11. The molecule has 1 aromatic rings. The summed E-state index contributed by atoms with van der Waals surface area (Å²) in [5.41, 5.74) is 7.70. The van der Waals surface area contributed by atoms with Gasteiger partial charge in [0.1, 0.15) is 0 Å². The zero-order chi connectivity index (χ0) is 15.1. The van der Waals surface area contributed by atoms with Crippen LogP contribution in [-0.2, 0) is 4.79 Å². The van der Waals surface area contributed by atoms with E-state index in [0.29, 0.717) is 17.8 Å². The normalized spacial score (nSPS) is 11.8. The maximum Gasteiger partial charge on any atom is 0.253 e. The highest BCUT2D eigenvalue weighted by Gasteiger charge is 2.10. The number of anilines is 1. The van der Waals surface area contributed by atoms with Crippen LogP contribution >= 0.6 is 0 Å². The smallest absolute Gasteiger partial charge is 0.253 e. The van der Waals surface area contributed by atoms with Crippen LogP contribution in [0.25, 0.3) is 0 Å². The molecule has 5 nitrogen and oxygen atoms in total. The Morgan fingerprint density at radius 1 is 1.35 bits per heavy atom. The van der Waals surface area contributed by atoms with Crippen molar-refractivity contribution in [1.82, 2.24) is 10.6 Å². The molecular weight excluding hydrogens is 254 g/mol. The molecule has 20 heavy (non-hydrogen) atoms. The van der Waals surface area contributed by atoms with Crippen molar-refractivity contribution in [2.24, 2.45) is 0 Å². The SMILES string of the molecule is CCC(C)NC(=O)CCNC(=O)c1ccc(C)cc1N. The van der Waals surface area contributed by atoms with Gasteiger partial charge in [0, 0.05) is 24.7 Å². The molecule has 1 atom stereocenters. The van der Waals surface area contributed by atoms with Gasteiger partial charge in [-0.1, -0.05) is 13.0 Å². The summed E-state index contributed by atoms with van der Waals surface area (Å²) in [5.74, 6) is -0.310. The fourth-order valence-electron chi connectivity index (χ4n) is 1.72. The number of rotatable bonds is 6. The van der Waals surface area contributed by atoms with Gasteiger partial charge in [-0.15, -0.1) is 0 Å². The predicted molar refractivity (Wildman–Crippen MR) is 80.4 cm³/mol. The first kappa shape index (κ1) is 16.0. The van der Waals surface area contributed by atoms with Crippen LogP contribution in [-0.4, -0.2) is 24.4 Å². The topological polar surface area (TPSA) is 84.2 Å². The van der Waals surface area contributed by atoms with Gasteiger partial charge in [0.2, 0.25) is 5.91 Å². The summed E-state index contributed by atoms with van der Waals surface area (Å²) in [6, 6.07) is 5.44. The van der Waals surface area contributed by atoms with E-state index < -0.39 is 0 Å². The number of nitrogens with one attached hydrogen (secondary N) is 2. The molecule has 2 amide bonds. The van der Waals surface area contributed by atoms with E-state index in [9.17, 15) is 9.59 Å². The number of amides is 2. The highest BCUT2D eigenvalue weighted by atomic mass is 16.2. The van der Waals surface area contributed by atoms with Crippen molar-refractivity contribution in [3.63, 3.8) is 0 Å². The minimum absolute atomic E-state index is 0.0588. The minimum atomic E-state index is -0.251. The van der Waals surface area contributed by atoms with Crippen molar-refractivity contribution in [1.29, 1.82) is 0 Å². The number of carbonyl (C=O) groups excluding carboxylic acids is 2. The molecule has 0 aliphatic carbocycles. The molecule has 4 N–H and O–H groups in total. The van der Waals surface area contributed by atoms with E-state index in [1.54, 1.807) is 12.1 Å². The second-order valence-corrected chi connectivity index (χ2v) is 4.97. The van der Waals surface area contributed by atoms with Crippen LogP contribution in [0.15, 0.2) is 18.2 Å². The number of benzene rings is 1. The van der Waals surface area contributed by atoms with E-state index in [1.807, 2.05) is 26.8 Å². The molecule has 0 aliphatic heterocycles. The van der Waals surface area contributed by atoms with E-state index in [4.69, 9.17) is 5.73 Å². The van der Waals surface area contributed by atoms with E-state index in [0.717, 1.165) is 12.0 Å². The Kier molecular flexibility index (Phi) is 6.03. The van der Waals surface area contributed by atoms with Gasteiger partial charge in [-0.25, -0.2) is 0 Å². The molecule has 0 aromatic heterocycles. The molecule has 0 aliphatic rings.